The summed E-state index contributed by atoms with van der Waals surface area (Å²) < 4.78 is 0. The number of likely N-dealkylation sites (tertiary alicyclic amines) is 1. The van der Waals surface area contributed by atoms with Gasteiger partial charge in [0.1, 0.15) is 0 Å². The number of anilines is 1. The summed E-state index contributed by atoms with van der Waals surface area (Å²) in [6.45, 7) is 5.91. The number of aryl methyl sites for hydroxylation is 1. The molecule has 1 amide bonds. The number of hydrogen-bond donors (Lipinski definition) is 2. The van der Waals surface area contributed by atoms with Crippen LogP contribution < -0.4 is 5.32 Å². The van der Waals surface area contributed by atoms with Crippen molar-refractivity contribution in [3.8, 4) is 0 Å². The predicted octanol–water partition coefficient (Wildman–Crippen LogP) is 2.80. The molecule has 1 aliphatic rings. The van der Waals surface area contributed by atoms with E-state index in [4.69, 9.17) is 5.11 Å². The highest BCUT2D eigenvalue weighted by Crippen LogP contribution is 2.26. The van der Waals surface area contributed by atoms with E-state index in [2.05, 4.69) is 5.32 Å². The van der Waals surface area contributed by atoms with Crippen LogP contribution in [0.25, 0.3) is 0 Å². The van der Waals surface area contributed by atoms with Gasteiger partial charge in [-0.1, -0.05) is 6.07 Å². The molecule has 1 aromatic rings. The first kappa shape index (κ1) is 15.8. The van der Waals surface area contributed by atoms with Crippen LogP contribution in [0.15, 0.2) is 18.2 Å². The van der Waals surface area contributed by atoms with Crippen LogP contribution in [0.3, 0.4) is 0 Å². The Morgan fingerprint density at radius 2 is 2.29 bits per heavy atom. The van der Waals surface area contributed by atoms with Gasteiger partial charge in [-0.25, -0.2) is 0 Å². The largest absolute Gasteiger partial charge is 0.396 e. The van der Waals surface area contributed by atoms with E-state index in [1.54, 1.807) is 0 Å². The average molecular weight is 290 g/mol. The second kappa shape index (κ2) is 7.46. The van der Waals surface area contributed by atoms with Crippen LogP contribution in [0.2, 0.25) is 0 Å². The van der Waals surface area contributed by atoms with E-state index in [-0.39, 0.29) is 18.6 Å². The molecule has 2 rings (SSSR count). The third-order valence-corrected chi connectivity index (χ3v) is 4.11. The zero-order chi connectivity index (χ0) is 15.2. The number of hydrogen-bond acceptors (Lipinski definition) is 3. The minimum atomic E-state index is 0.117. The number of nitrogens with zero attached hydrogens (tertiary/aromatic N) is 1. The molecular weight excluding hydrogens is 264 g/mol. The Hall–Kier alpha value is -1.55. The summed E-state index contributed by atoms with van der Waals surface area (Å²) in [6, 6.07) is 6.24. The van der Waals surface area contributed by atoms with Crippen LogP contribution in [0.5, 0.6) is 0 Å². The lowest BCUT2D eigenvalue weighted by Gasteiger charge is -2.26. The van der Waals surface area contributed by atoms with Crippen molar-refractivity contribution in [3.05, 3.63) is 29.3 Å². The Labute approximate surface area is 127 Å². The normalized spacial score (nSPS) is 18.0. The van der Waals surface area contributed by atoms with Crippen molar-refractivity contribution in [2.24, 2.45) is 0 Å². The summed E-state index contributed by atoms with van der Waals surface area (Å²) in [5.74, 6) is 0.117. The van der Waals surface area contributed by atoms with Crippen molar-refractivity contribution in [3.63, 3.8) is 0 Å². The summed E-state index contributed by atoms with van der Waals surface area (Å²) in [6.07, 6.45) is 3.77. The molecule has 1 fully saturated rings. The second-order valence-corrected chi connectivity index (χ2v) is 5.74. The first-order chi connectivity index (χ1) is 10.2. The summed E-state index contributed by atoms with van der Waals surface area (Å²) in [5, 5.41) is 12.3. The van der Waals surface area contributed by atoms with Crippen LogP contribution in [0.1, 0.15) is 48.5 Å². The molecule has 0 aromatic heterocycles. The third kappa shape index (κ3) is 3.76. The molecule has 1 saturated heterocycles. The number of aliphatic hydroxyl groups excluding tert-OH is 1. The quantitative estimate of drug-likeness (QED) is 0.847. The number of carbonyl (C=O) groups excluding carboxylic acids is 1. The van der Waals surface area contributed by atoms with Crippen molar-refractivity contribution < 1.29 is 9.90 Å². The fourth-order valence-electron chi connectivity index (χ4n) is 3.07. The lowest BCUT2D eigenvalue weighted by atomic mass is 10.1. The van der Waals surface area contributed by atoms with Gasteiger partial charge >= 0.3 is 0 Å². The maximum Gasteiger partial charge on any atom is 0.256 e. The van der Waals surface area contributed by atoms with Gasteiger partial charge in [-0.05, 0) is 57.2 Å². The van der Waals surface area contributed by atoms with Crippen LogP contribution >= 0.6 is 0 Å². The van der Waals surface area contributed by atoms with Gasteiger partial charge in [0.05, 0.1) is 5.56 Å². The zero-order valence-electron chi connectivity index (χ0n) is 13.1. The maximum absolute atomic E-state index is 12.9. The molecule has 1 aromatic carbocycles. The van der Waals surface area contributed by atoms with E-state index in [9.17, 15) is 4.79 Å². The topological polar surface area (TPSA) is 52.6 Å². The maximum atomic E-state index is 12.9. The highest BCUT2D eigenvalue weighted by atomic mass is 16.3. The van der Waals surface area contributed by atoms with Crippen LogP contribution in [-0.2, 0) is 0 Å². The molecule has 0 saturated carbocycles. The van der Waals surface area contributed by atoms with E-state index in [0.717, 1.165) is 55.6 Å². The molecule has 0 radical (unpaired) electrons. The van der Waals surface area contributed by atoms with Gasteiger partial charge in [-0.3, -0.25) is 4.79 Å². The molecule has 1 aliphatic heterocycles. The molecule has 0 aliphatic carbocycles. The lowest BCUT2D eigenvalue weighted by Crippen LogP contribution is -2.36. The monoisotopic (exact) mass is 290 g/mol. The Bertz CT molecular complexity index is 488. The van der Waals surface area contributed by atoms with E-state index < -0.39 is 0 Å². The summed E-state index contributed by atoms with van der Waals surface area (Å²) in [7, 11) is 0. The SMILES string of the molecule is CCNc1cc(C)ccc1C(=O)N1CCCC1CCCO. The van der Waals surface area contributed by atoms with Crippen molar-refractivity contribution in [2.45, 2.75) is 45.6 Å². The van der Waals surface area contributed by atoms with Crippen LogP contribution in [-0.4, -0.2) is 41.7 Å². The molecule has 21 heavy (non-hydrogen) atoms. The van der Waals surface area contributed by atoms with Crippen molar-refractivity contribution in [1.82, 2.24) is 4.90 Å². The van der Waals surface area contributed by atoms with E-state index in [1.807, 2.05) is 36.9 Å². The fraction of sp³-hybridized carbons (Fsp3) is 0.588. The van der Waals surface area contributed by atoms with Crippen molar-refractivity contribution in [1.29, 1.82) is 0 Å². The highest BCUT2D eigenvalue weighted by molar-refractivity contribution is 6.00. The van der Waals surface area contributed by atoms with Gasteiger partial charge in [0.25, 0.3) is 5.91 Å². The molecule has 116 valence electrons. The minimum Gasteiger partial charge on any atom is -0.396 e. The van der Waals surface area contributed by atoms with Crippen LogP contribution in [0, 0.1) is 6.92 Å². The standard InChI is InChI=1S/C17H26N2O2/c1-3-18-16-12-13(2)8-9-15(16)17(21)19-10-4-6-14(19)7-5-11-20/h8-9,12,14,18,20H,3-7,10-11H2,1-2H3. The van der Waals surface area contributed by atoms with Gasteiger partial charge in [-0.2, -0.15) is 0 Å². The minimum absolute atomic E-state index is 0.117. The van der Waals surface area contributed by atoms with Crippen LogP contribution in [0.4, 0.5) is 5.69 Å². The summed E-state index contributed by atoms with van der Waals surface area (Å²) in [5.41, 5.74) is 2.84. The second-order valence-electron chi connectivity index (χ2n) is 5.74. The first-order valence-corrected chi connectivity index (χ1v) is 7.93. The number of nitrogens with one attached hydrogen (secondary N) is 1. The highest BCUT2D eigenvalue weighted by Gasteiger charge is 2.29. The molecule has 2 N–H and O–H groups in total. The number of rotatable bonds is 6. The fourth-order valence-corrected chi connectivity index (χ4v) is 3.07. The third-order valence-electron chi connectivity index (χ3n) is 4.11. The average Bonchev–Trinajstić information content (AvgIpc) is 2.93. The van der Waals surface area contributed by atoms with Crippen molar-refractivity contribution in [2.75, 3.05) is 25.0 Å². The van der Waals surface area contributed by atoms with Crippen molar-refractivity contribution >= 4 is 11.6 Å². The number of aliphatic hydroxyl groups is 1. The molecule has 1 unspecified atom stereocenters. The number of carbonyl (C=O) groups is 1. The lowest BCUT2D eigenvalue weighted by molar-refractivity contribution is 0.0725. The first-order valence-electron chi connectivity index (χ1n) is 7.93. The predicted molar refractivity (Wildman–Crippen MR) is 85.7 cm³/mol. The molecule has 0 bridgehead atoms. The molecule has 0 spiro atoms. The van der Waals surface area contributed by atoms with E-state index in [1.165, 1.54) is 0 Å². The van der Waals surface area contributed by atoms with Gasteiger partial charge in [0.15, 0.2) is 0 Å². The molecular formula is C17H26N2O2. The van der Waals surface area contributed by atoms with Gasteiger partial charge < -0.3 is 15.3 Å². The van der Waals surface area contributed by atoms with Gasteiger partial charge in [-0.15, -0.1) is 0 Å². The number of benzene rings is 1. The van der Waals surface area contributed by atoms with E-state index >= 15 is 0 Å². The van der Waals surface area contributed by atoms with E-state index in [0.29, 0.717) is 0 Å². The smallest absolute Gasteiger partial charge is 0.256 e. The molecule has 4 heteroatoms. The molecule has 4 nitrogen and oxygen atoms in total. The van der Waals surface area contributed by atoms with Gasteiger partial charge in [0, 0.05) is 31.4 Å². The summed E-state index contributed by atoms with van der Waals surface area (Å²) in [4.78, 5) is 14.8. The zero-order valence-corrected chi connectivity index (χ0v) is 13.1. The molecule has 1 heterocycles. The Kier molecular flexibility index (Phi) is 5.62. The van der Waals surface area contributed by atoms with Gasteiger partial charge in [0.2, 0.25) is 0 Å². The Morgan fingerprint density at radius 3 is 3.00 bits per heavy atom. The Morgan fingerprint density at radius 1 is 1.48 bits per heavy atom. The number of amides is 1. The molecule has 1 atom stereocenters. The summed E-state index contributed by atoms with van der Waals surface area (Å²) >= 11 is 0. The Balaban J connectivity index is 2.18.